The van der Waals surface area contributed by atoms with Crippen LogP contribution in [0.2, 0.25) is 0 Å². The molecule has 0 spiro atoms. The molecule has 0 amide bonds. The summed E-state index contributed by atoms with van der Waals surface area (Å²) in [5, 5.41) is 3.25. The summed E-state index contributed by atoms with van der Waals surface area (Å²) in [5.74, 6) is 1.04. The number of rotatable bonds is 4. The van der Waals surface area contributed by atoms with E-state index >= 15 is 0 Å². The van der Waals surface area contributed by atoms with E-state index in [9.17, 15) is 8.78 Å². The van der Waals surface area contributed by atoms with Crippen molar-refractivity contribution < 1.29 is 8.78 Å². The summed E-state index contributed by atoms with van der Waals surface area (Å²) in [6.07, 6.45) is 0. The molecule has 0 bridgehead atoms. The number of likely N-dealkylation sites (N-methyl/N-ethyl adjacent to an activating group) is 2. The van der Waals surface area contributed by atoms with Crippen molar-refractivity contribution in [2.24, 2.45) is 0 Å². The Labute approximate surface area is 117 Å². The Morgan fingerprint density at radius 3 is 2.68 bits per heavy atom. The van der Waals surface area contributed by atoms with E-state index in [0.29, 0.717) is 6.54 Å². The molecular formula is C14H20F2N2S. The zero-order valence-electron chi connectivity index (χ0n) is 11.3. The van der Waals surface area contributed by atoms with Gasteiger partial charge in [0.2, 0.25) is 0 Å². The first-order chi connectivity index (χ1) is 9.15. The Hall–Kier alpha value is -0.650. The number of nitrogens with zero attached hydrogens (tertiary/aromatic N) is 1. The highest BCUT2D eigenvalue weighted by Gasteiger charge is 2.32. The van der Waals surface area contributed by atoms with E-state index in [2.05, 4.69) is 10.2 Å². The van der Waals surface area contributed by atoms with Crippen LogP contribution in [0.5, 0.6) is 0 Å². The lowest BCUT2D eigenvalue weighted by molar-refractivity contribution is 0.211. The maximum Gasteiger partial charge on any atom is 0.130 e. The van der Waals surface area contributed by atoms with Gasteiger partial charge < -0.3 is 5.32 Å². The fourth-order valence-electron chi connectivity index (χ4n) is 2.51. The van der Waals surface area contributed by atoms with Gasteiger partial charge in [-0.15, -0.1) is 0 Å². The van der Waals surface area contributed by atoms with Crippen LogP contribution in [0.25, 0.3) is 0 Å². The zero-order valence-corrected chi connectivity index (χ0v) is 12.1. The number of halogens is 2. The summed E-state index contributed by atoms with van der Waals surface area (Å²) >= 11 is 1.84. The van der Waals surface area contributed by atoms with Gasteiger partial charge in [-0.25, -0.2) is 8.78 Å². The molecule has 2 unspecified atom stereocenters. The third kappa shape index (κ3) is 3.27. The van der Waals surface area contributed by atoms with Gasteiger partial charge in [-0.05, 0) is 25.7 Å². The van der Waals surface area contributed by atoms with E-state index in [4.69, 9.17) is 0 Å². The molecule has 2 rings (SSSR count). The average molecular weight is 286 g/mol. The van der Waals surface area contributed by atoms with Crippen molar-refractivity contribution in [2.45, 2.75) is 19.0 Å². The van der Waals surface area contributed by atoms with Gasteiger partial charge in [0.05, 0.1) is 6.04 Å². The Kier molecular flexibility index (Phi) is 5.19. The Morgan fingerprint density at radius 1 is 1.42 bits per heavy atom. The van der Waals surface area contributed by atoms with Crippen molar-refractivity contribution in [3.63, 3.8) is 0 Å². The van der Waals surface area contributed by atoms with Crippen LogP contribution in [0.4, 0.5) is 8.78 Å². The van der Waals surface area contributed by atoms with Crippen LogP contribution < -0.4 is 5.32 Å². The molecule has 0 saturated carbocycles. The van der Waals surface area contributed by atoms with Crippen LogP contribution in [0.1, 0.15) is 18.5 Å². The van der Waals surface area contributed by atoms with Gasteiger partial charge in [-0.3, -0.25) is 4.90 Å². The Morgan fingerprint density at radius 2 is 2.11 bits per heavy atom. The predicted octanol–water partition coefficient (Wildman–Crippen LogP) is 2.66. The first-order valence-electron chi connectivity index (χ1n) is 6.60. The highest BCUT2D eigenvalue weighted by Crippen LogP contribution is 2.30. The second-order valence-electron chi connectivity index (χ2n) is 4.79. The van der Waals surface area contributed by atoms with Gasteiger partial charge in [0.25, 0.3) is 0 Å². The van der Waals surface area contributed by atoms with Crippen LogP contribution in [0.3, 0.4) is 0 Å². The molecule has 1 aromatic carbocycles. The first kappa shape index (κ1) is 14.8. The van der Waals surface area contributed by atoms with Crippen molar-refractivity contribution in [2.75, 3.05) is 31.6 Å². The fraction of sp³-hybridized carbons (Fsp3) is 0.571. The van der Waals surface area contributed by atoms with E-state index in [0.717, 1.165) is 18.1 Å². The third-order valence-electron chi connectivity index (χ3n) is 3.56. The highest BCUT2D eigenvalue weighted by atomic mass is 32.2. The van der Waals surface area contributed by atoms with Crippen LogP contribution >= 0.6 is 11.8 Å². The first-order valence-corrected chi connectivity index (χ1v) is 7.76. The number of benzene rings is 1. The summed E-state index contributed by atoms with van der Waals surface area (Å²) in [4.78, 5) is 2.19. The molecule has 1 N–H and O–H groups in total. The molecule has 5 heteroatoms. The largest absolute Gasteiger partial charge is 0.309 e. The molecular weight excluding hydrogens is 266 g/mol. The molecule has 1 aromatic rings. The van der Waals surface area contributed by atoms with Gasteiger partial charge in [-0.1, -0.05) is 13.0 Å². The summed E-state index contributed by atoms with van der Waals surface area (Å²) < 4.78 is 28.0. The second-order valence-corrected chi connectivity index (χ2v) is 5.94. The molecule has 19 heavy (non-hydrogen) atoms. The second kappa shape index (κ2) is 6.68. The van der Waals surface area contributed by atoms with E-state index in [1.54, 1.807) is 0 Å². The molecule has 0 radical (unpaired) electrons. The highest BCUT2D eigenvalue weighted by molar-refractivity contribution is 7.99. The van der Waals surface area contributed by atoms with Crippen LogP contribution in [0.15, 0.2) is 18.2 Å². The molecule has 106 valence electrons. The van der Waals surface area contributed by atoms with Gasteiger partial charge in [0.1, 0.15) is 11.6 Å². The average Bonchev–Trinajstić information content (AvgIpc) is 2.38. The standard InChI is InChI=1S/C14H20F2N2S/c1-3-17-14(12-9-19-8-7-18(12)2)13-10(15)5-4-6-11(13)16/h4-6,12,14,17H,3,7-9H2,1-2H3. The minimum absolute atomic E-state index is 0.116. The zero-order chi connectivity index (χ0) is 13.8. The molecule has 0 aliphatic carbocycles. The number of thioether (sulfide) groups is 1. The molecule has 1 aliphatic heterocycles. The smallest absolute Gasteiger partial charge is 0.130 e. The lowest BCUT2D eigenvalue weighted by Gasteiger charge is -2.38. The Balaban J connectivity index is 2.33. The van der Waals surface area contributed by atoms with Gasteiger partial charge in [0.15, 0.2) is 0 Å². The molecule has 1 aliphatic rings. The molecule has 0 aromatic heterocycles. The normalized spacial score (nSPS) is 22.4. The van der Waals surface area contributed by atoms with Crippen molar-refractivity contribution in [1.82, 2.24) is 10.2 Å². The third-order valence-corrected chi connectivity index (χ3v) is 4.61. The molecule has 1 heterocycles. The van der Waals surface area contributed by atoms with E-state index < -0.39 is 11.6 Å². The number of nitrogens with one attached hydrogen (secondary N) is 1. The topological polar surface area (TPSA) is 15.3 Å². The Bertz CT molecular complexity index is 408. The maximum absolute atomic E-state index is 14.0. The van der Waals surface area contributed by atoms with Crippen molar-refractivity contribution in [3.8, 4) is 0 Å². The maximum atomic E-state index is 14.0. The number of hydrogen-bond acceptors (Lipinski definition) is 3. The number of hydrogen-bond donors (Lipinski definition) is 1. The van der Waals surface area contributed by atoms with Crippen molar-refractivity contribution in [3.05, 3.63) is 35.4 Å². The molecule has 1 saturated heterocycles. The minimum Gasteiger partial charge on any atom is -0.309 e. The summed E-state index contributed by atoms with van der Waals surface area (Å²) in [6, 6.07) is 3.89. The summed E-state index contributed by atoms with van der Waals surface area (Å²) in [5.41, 5.74) is 0.170. The van der Waals surface area contributed by atoms with Gasteiger partial charge >= 0.3 is 0 Å². The SMILES string of the molecule is CCNC(c1c(F)cccc1F)C1CSCCN1C. The lowest BCUT2D eigenvalue weighted by atomic mass is 9.97. The van der Waals surface area contributed by atoms with Gasteiger partial charge in [-0.2, -0.15) is 11.8 Å². The summed E-state index contributed by atoms with van der Waals surface area (Å²) in [6.45, 7) is 3.60. The van der Waals surface area contributed by atoms with Crippen molar-refractivity contribution >= 4 is 11.8 Å². The predicted molar refractivity (Wildman–Crippen MR) is 76.5 cm³/mol. The van der Waals surface area contributed by atoms with Crippen LogP contribution in [-0.2, 0) is 0 Å². The van der Waals surface area contributed by atoms with Crippen molar-refractivity contribution in [1.29, 1.82) is 0 Å². The molecule has 2 nitrogen and oxygen atoms in total. The van der Waals surface area contributed by atoms with Crippen LogP contribution in [0, 0.1) is 11.6 Å². The summed E-state index contributed by atoms with van der Waals surface area (Å²) in [7, 11) is 2.02. The van der Waals surface area contributed by atoms with E-state index in [-0.39, 0.29) is 17.6 Å². The monoisotopic (exact) mass is 286 g/mol. The van der Waals surface area contributed by atoms with Crippen LogP contribution in [-0.4, -0.2) is 42.6 Å². The minimum atomic E-state index is -0.463. The molecule has 2 atom stereocenters. The fourth-order valence-corrected chi connectivity index (χ4v) is 3.79. The van der Waals surface area contributed by atoms with E-state index in [1.165, 1.54) is 18.2 Å². The van der Waals surface area contributed by atoms with E-state index in [1.807, 2.05) is 25.7 Å². The lowest BCUT2D eigenvalue weighted by Crippen LogP contribution is -2.48. The quantitative estimate of drug-likeness (QED) is 0.916. The van der Waals surface area contributed by atoms with Gasteiger partial charge in [0, 0.05) is 29.7 Å². The molecule has 1 fully saturated rings.